The standard InChI is InChI=1S/C22H19N3/c1-2-4-20-18(3-1)22-19-8-6-16(24-19)12-21(22)25(20)17-7-5-14-9-10-23-13-15(14)11-17/h1-5,7,9-11,13,16,19,24H,6,8,12H2/t16-,19+/m0/s1. The van der Waals surface area contributed by atoms with Crippen molar-refractivity contribution in [2.75, 3.05) is 0 Å². The molecule has 2 aliphatic rings. The van der Waals surface area contributed by atoms with Crippen LogP contribution in [0.2, 0.25) is 0 Å². The van der Waals surface area contributed by atoms with Crippen molar-refractivity contribution in [1.29, 1.82) is 0 Å². The van der Waals surface area contributed by atoms with Crippen LogP contribution in [0.4, 0.5) is 0 Å². The fourth-order valence-electron chi connectivity index (χ4n) is 4.86. The summed E-state index contributed by atoms with van der Waals surface area (Å²) in [5.74, 6) is 0. The maximum Gasteiger partial charge on any atom is 0.0534 e. The van der Waals surface area contributed by atoms with E-state index in [1.165, 1.54) is 51.5 Å². The molecule has 1 fully saturated rings. The van der Waals surface area contributed by atoms with Gasteiger partial charge in [-0.25, -0.2) is 0 Å². The van der Waals surface area contributed by atoms with Gasteiger partial charge >= 0.3 is 0 Å². The Kier molecular flexibility index (Phi) is 2.69. The zero-order chi connectivity index (χ0) is 16.4. The molecule has 4 aromatic rings. The highest BCUT2D eigenvalue weighted by Crippen LogP contribution is 2.43. The first-order valence-corrected chi connectivity index (χ1v) is 9.11. The lowest BCUT2D eigenvalue weighted by molar-refractivity contribution is 0.508. The van der Waals surface area contributed by atoms with Gasteiger partial charge in [0.2, 0.25) is 0 Å². The first-order valence-electron chi connectivity index (χ1n) is 9.11. The van der Waals surface area contributed by atoms with Gasteiger partial charge in [-0.05, 0) is 48.1 Å². The summed E-state index contributed by atoms with van der Waals surface area (Å²) in [6.45, 7) is 0. The van der Waals surface area contributed by atoms with E-state index in [1.54, 1.807) is 0 Å². The van der Waals surface area contributed by atoms with Gasteiger partial charge in [-0.15, -0.1) is 0 Å². The first-order chi connectivity index (χ1) is 12.4. The lowest BCUT2D eigenvalue weighted by Gasteiger charge is -2.24. The van der Waals surface area contributed by atoms with Crippen molar-refractivity contribution >= 4 is 21.7 Å². The van der Waals surface area contributed by atoms with E-state index in [0.29, 0.717) is 12.1 Å². The van der Waals surface area contributed by atoms with Crippen LogP contribution in [0.25, 0.3) is 27.4 Å². The van der Waals surface area contributed by atoms with Crippen molar-refractivity contribution in [3.63, 3.8) is 0 Å². The minimum absolute atomic E-state index is 0.516. The van der Waals surface area contributed by atoms with E-state index in [2.05, 4.69) is 63.4 Å². The van der Waals surface area contributed by atoms with E-state index in [-0.39, 0.29) is 0 Å². The number of aromatic nitrogens is 2. The highest BCUT2D eigenvalue weighted by Gasteiger charge is 2.36. The van der Waals surface area contributed by atoms with Crippen LogP contribution in [0.5, 0.6) is 0 Å². The summed E-state index contributed by atoms with van der Waals surface area (Å²) in [7, 11) is 0. The number of nitrogens with one attached hydrogen (secondary N) is 1. The molecule has 1 saturated heterocycles. The second-order valence-electron chi connectivity index (χ2n) is 7.32. The average Bonchev–Trinajstić information content (AvgIpc) is 3.20. The molecule has 0 spiro atoms. The van der Waals surface area contributed by atoms with Crippen LogP contribution >= 0.6 is 0 Å². The van der Waals surface area contributed by atoms with Crippen molar-refractivity contribution in [1.82, 2.24) is 14.9 Å². The summed E-state index contributed by atoms with van der Waals surface area (Å²) >= 11 is 0. The summed E-state index contributed by atoms with van der Waals surface area (Å²) in [6, 6.07) is 18.8. The van der Waals surface area contributed by atoms with E-state index in [4.69, 9.17) is 0 Å². The van der Waals surface area contributed by atoms with Crippen molar-refractivity contribution in [2.24, 2.45) is 0 Å². The second kappa shape index (κ2) is 4.93. The van der Waals surface area contributed by atoms with E-state index < -0.39 is 0 Å². The Morgan fingerprint density at radius 1 is 1.00 bits per heavy atom. The highest BCUT2D eigenvalue weighted by atomic mass is 15.1. The van der Waals surface area contributed by atoms with Crippen LogP contribution in [-0.4, -0.2) is 15.6 Å². The topological polar surface area (TPSA) is 29.9 Å². The Morgan fingerprint density at radius 2 is 1.96 bits per heavy atom. The molecular weight excluding hydrogens is 306 g/mol. The van der Waals surface area contributed by atoms with E-state index in [9.17, 15) is 0 Å². The molecule has 2 bridgehead atoms. The molecule has 0 aliphatic carbocycles. The number of fused-ring (bicyclic) bond motifs is 7. The Morgan fingerprint density at radius 3 is 2.96 bits per heavy atom. The predicted molar refractivity (Wildman–Crippen MR) is 101 cm³/mol. The van der Waals surface area contributed by atoms with Gasteiger partial charge in [-0.2, -0.15) is 0 Å². The average molecular weight is 325 g/mol. The Bertz CT molecular complexity index is 1120. The quantitative estimate of drug-likeness (QED) is 0.557. The maximum absolute atomic E-state index is 4.30. The third-order valence-corrected chi connectivity index (χ3v) is 5.93. The molecule has 2 aromatic heterocycles. The van der Waals surface area contributed by atoms with Crippen LogP contribution in [0, 0.1) is 0 Å². The molecule has 6 rings (SSSR count). The molecule has 3 nitrogen and oxygen atoms in total. The smallest absolute Gasteiger partial charge is 0.0534 e. The van der Waals surface area contributed by atoms with Gasteiger partial charge in [0.15, 0.2) is 0 Å². The number of hydrogen-bond acceptors (Lipinski definition) is 2. The molecule has 25 heavy (non-hydrogen) atoms. The number of nitrogens with zero attached hydrogens (tertiary/aromatic N) is 2. The lowest BCUT2D eigenvalue weighted by atomic mass is 9.99. The molecule has 1 N–H and O–H groups in total. The fraction of sp³-hybridized carbons (Fsp3) is 0.227. The summed E-state index contributed by atoms with van der Waals surface area (Å²) in [4.78, 5) is 4.30. The molecule has 2 aromatic carbocycles. The zero-order valence-corrected chi connectivity index (χ0v) is 13.9. The molecule has 0 amide bonds. The minimum Gasteiger partial charge on any atom is -0.313 e. The number of para-hydroxylation sites is 1. The molecule has 3 heteroatoms. The monoisotopic (exact) mass is 325 g/mol. The molecule has 2 atom stereocenters. The predicted octanol–water partition coefficient (Wildman–Crippen LogP) is 4.53. The van der Waals surface area contributed by atoms with Gasteiger partial charge in [0.05, 0.1) is 5.52 Å². The van der Waals surface area contributed by atoms with Crippen LogP contribution in [0.1, 0.15) is 30.1 Å². The fourth-order valence-corrected chi connectivity index (χ4v) is 4.86. The summed E-state index contributed by atoms with van der Waals surface area (Å²) in [5.41, 5.74) is 5.59. The number of rotatable bonds is 1. The number of hydrogen-bond donors (Lipinski definition) is 1. The Labute approximate surface area is 146 Å². The van der Waals surface area contributed by atoms with Crippen molar-refractivity contribution in [3.8, 4) is 5.69 Å². The van der Waals surface area contributed by atoms with Crippen molar-refractivity contribution in [3.05, 3.63) is 72.2 Å². The van der Waals surface area contributed by atoms with Gasteiger partial charge in [0.1, 0.15) is 0 Å². The van der Waals surface area contributed by atoms with E-state index >= 15 is 0 Å². The second-order valence-corrected chi connectivity index (χ2v) is 7.32. The van der Waals surface area contributed by atoms with Gasteiger partial charge in [-0.1, -0.05) is 24.3 Å². The van der Waals surface area contributed by atoms with E-state index in [0.717, 1.165) is 6.42 Å². The third kappa shape index (κ3) is 1.87. The molecule has 122 valence electrons. The SMILES string of the molecule is c1ccc2c(c1)c1c(n2-c2ccc3ccncc3c2)C[C@@H]2CC[C@H]1N2. The molecule has 0 radical (unpaired) electrons. The minimum atomic E-state index is 0.516. The highest BCUT2D eigenvalue weighted by molar-refractivity contribution is 5.90. The van der Waals surface area contributed by atoms with Crippen molar-refractivity contribution < 1.29 is 0 Å². The van der Waals surface area contributed by atoms with Gasteiger partial charge < -0.3 is 9.88 Å². The summed E-state index contributed by atoms with van der Waals surface area (Å²) in [5, 5.41) is 7.65. The molecule has 4 heterocycles. The molecule has 2 aliphatic heterocycles. The summed E-state index contributed by atoms with van der Waals surface area (Å²) < 4.78 is 2.49. The maximum atomic E-state index is 4.30. The number of benzene rings is 2. The lowest BCUT2D eigenvalue weighted by Crippen LogP contribution is -2.32. The summed E-state index contributed by atoms with van der Waals surface area (Å²) in [6.07, 6.45) is 7.48. The Balaban J connectivity index is 1.68. The molecular formula is C22H19N3. The Hall–Kier alpha value is -2.65. The first kappa shape index (κ1) is 13.6. The molecule has 0 saturated carbocycles. The largest absolute Gasteiger partial charge is 0.313 e. The van der Waals surface area contributed by atoms with Crippen molar-refractivity contribution in [2.45, 2.75) is 31.3 Å². The van der Waals surface area contributed by atoms with Gasteiger partial charge in [-0.3, -0.25) is 4.98 Å². The van der Waals surface area contributed by atoms with E-state index in [1.807, 2.05) is 12.4 Å². The van der Waals surface area contributed by atoms with Crippen LogP contribution in [0.3, 0.4) is 0 Å². The third-order valence-electron chi connectivity index (χ3n) is 5.93. The normalized spacial score (nSPS) is 21.8. The van der Waals surface area contributed by atoms with Crippen LogP contribution in [-0.2, 0) is 6.42 Å². The molecule has 0 unspecified atom stereocenters. The van der Waals surface area contributed by atoms with Crippen LogP contribution < -0.4 is 5.32 Å². The van der Waals surface area contributed by atoms with Gasteiger partial charge in [0, 0.05) is 53.1 Å². The number of pyridine rings is 1. The van der Waals surface area contributed by atoms with Gasteiger partial charge in [0.25, 0.3) is 0 Å². The van der Waals surface area contributed by atoms with Crippen LogP contribution in [0.15, 0.2) is 60.9 Å². The zero-order valence-electron chi connectivity index (χ0n) is 13.9.